The molecule has 0 aliphatic carbocycles. The van der Waals surface area contributed by atoms with Gasteiger partial charge in [0.15, 0.2) is 0 Å². The van der Waals surface area contributed by atoms with Crippen molar-refractivity contribution in [1.29, 1.82) is 0 Å². The number of likely N-dealkylation sites (tertiary alicyclic amines) is 1. The maximum Gasteiger partial charge on any atom is 0.239 e. The first kappa shape index (κ1) is 15.8. The van der Waals surface area contributed by atoms with E-state index >= 15 is 0 Å². The Bertz CT molecular complexity index is 438. The van der Waals surface area contributed by atoms with Crippen LogP contribution in [0.15, 0.2) is 24.3 Å². The minimum atomic E-state index is -0.299. The Labute approximate surface area is 127 Å². The predicted molar refractivity (Wildman–Crippen MR) is 87.3 cm³/mol. The number of nitrogens with zero attached hydrogens (tertiary/aromatic N) is 1. The number of nitrogens with two attached hydrogens (primary N) is 1. The monoisotopic (exact) mass is 289 g/mol. The van der Waals surface area contributed by atoms with E-state index in [-0.39, 0.29) is 11.9 Å². The fraction of sp³-hybridized carbons (Fsp3) is 0.588. The molecule has 1 aliphatic heterocycles. The van der Waals surface area contributed by atoms with Gasteiger partial charge in [0.1, 0.15) is 6.04 Å². The molecular weight excluding hydrogens is 262 g/mol. The Hall–Kier alpha value is -1.55. The average molecular weight is 289 g/mol. The summed E-state index contributed by atoms with van der Waals surface area (Å²) in [6.07, 6.45) is 5.86. The molecule has 116 valence electrons. The van der Waals surface area contributed by atoms with Gasteiger partial charge in [0.2, 0.25) is 5.91 Å². The first-order chi connectivity index (χ1) is 10.2. The van der Waals surface area contributed by atoms with Crippen LogP contribution < -0.4 is 11.1 Å². The molecule has 0 radical (unpaired) electrons. The van der Waals surface area contributed by atoms with E-state index in [1.807, 2.05) is 19.1 Å². The average Bonchev–Trinajstić information content (AvgIpc) is 2.52. The number of carbonyl (C=O) groups is 1. The fourth-order valence-electron chi connectivity index (χ4n) is 2.81. The zero-order valence-corrected chi connectivity index (χ0v) is 13.0. The minimum absolute atomic E-state index is 0.288. The molecule has 1 aromatic rings. The highest BCUT2D eigenvalue weighted by atomic mass is 16.1. The number of anilines is 1. The summed E-state index contributed by atoms with van der Waals surface area (Å²) in [6.45, 7) is 5.59. The summed E-state index contributed by atoms with van der Waals surface area (Å²) < 4.78 is 0. The van der Waals surface area contributed by atoms with Crippen LogP contribution in [0.2, 0.25) is 0 Å². The Morgan fingerprint density at radius 2 is 1.90 bits per heavy atom. The summed E-state index contributed by atoms with van der Waals surface area (Å²) in [5, 5.41) is 3.18. The molecule has 4 heteroatoms. The lowest BCUT2D eigenvalue weighted by Crippen LogP contribution is -2.34. The summed E-state index contributed by atoms with van der Waals surface area (Å²) in [7, 11) is 0. The second-order valence-corrected chi connectivity index (χ2v) is 5.86. The lowest BCUT2D eigenvalue weighted by atomic mass is 10.1. The summed E-state index contributed by atoms with van der Waals surface area (Å²) >= 11 is 0. The lowest BCUT2D eigenvalue weighted by Gasteiger charge is -2.26. The van der Waals surface area contributed by atoms with Crippen molar-refractivity contribution in [3.05, 3.63) is 29.8 Å². The molecular formula is C17H27N3O. The van der Waals surface area contributed by atoms with E-state index in [0.717, 1.165) is 18.7 Å². The second-order valence-electron chi connectivity index (χ2n) is 5.86. The van der Waals surface area contributed by atoms with Gasteiger partial charge in [-0.05, 0) is 56.5 Å². The first-order valence-electron chi connectivity index (χ1n) is 8.06. The molecule has 3 N–H and O–H groups in total. The molecule has 1 saturated heterocycles. The van der Waals surface area contributed by atoms with Gasteiger partial charge in [-0.2, -0.15) is 0 Å². The van der Waals surface area contributed by atoms with Crippen molar-refractivity contribution in [2.24, 2.45) is 5.73 Å². The van der Waals surface area contributed by atoms with Gasteiger partial charge in [-0.1, -0.05) is 25.5 Å². The van der Waals surface area contributed by atoms with Crippen molar-refractivity contribution in [2.45, 2.75) is 45.1 Å². The van der Waals surface area contributed by atoms with E-state index in [1.54, 1.807) is 0 Å². The van der Waals surface area contributed by atoms with Gasteiger partial charge in [-0.3, -0.25) is 4.79 Å². The number of primary amides is 1. The van der Waals surface area contributed by atoms with Gasteiger partial charge in [0.05, 0.1) is 0 Å². The Kier molecular flexibility index (Phi) is 6.05. The third-order valence-corrected chi connectivity index (χ3v) is 4.21. The molecule has 4 nitrogen and oxygen atoms in total. The van der Waals surface area contributed by atoms with Crippen LogP contribution in [0.5, 0.6) is 0 Å². The van der Waals surface area contributed by atoms with Gasteiger partial charge in [0.25, 0.3) is 0 Å². The van der Waals surface area contributed by atoms with E-state index in [1.165, 1.54) is 37.9 Å². The minimum Gasteiger partial charge on any atom is -0.374 e. The number of rotatable bonds is 7. The van der Waals surface area contributed by atoms with Gasteiger partial charge < -0.3 is 16.0 Å². The summed E-state index contributed by atoms with van der Waals surface area (Å²) in [6, 6.07) is 8.07. The van der Waals surface area contributed by atoms with E-state index in [2.05, 4.69) is 22.3 Å². The van der Waals surface area contributed by atoms with E-state index in [0.29, 0.717) is 6.42 Å². The van der Waals surface area contributed by atoms with E-state index in [4.69, 9.17) is 5.73 Å². The van der Waals surface area contributed by atoms with Crippen LogP contribution in [0, 0.1) is 0 Å². The number of amides is 1. The normalized spacial score (nSPS) is 17.4. The summed E-state index contributed by atoms with van der Waals surface area (Å²) in [5.41, 5.74) is 7.65. The molecule has 1 heterocycles. The van der Waals surface area contributed by atoms with E-state index < -0.39 is 0 Å². The Morgan fingerprint density at radius 1 is 1.24 bits per heavy atom. The van der Waals surface area contributed by atoms with Crippen LogP contribution in [-0.2, 0) is 11.2 Å². The number of hydrogen-bond acceptors (Lipinski definition) is 3. The van der Waals surface area contributed by atoms with Crippen LogP contribution in [0.4, 0.5) is 5.69 Å². The van der Waals surface area contributed by atoms with E-state index in [9.17, 15) is 4.79 Å². The standard InChI is InChI=1S/C17H27N3O/c1-2-16(17(18)21)19-15-8-6-14(7-9-15)10-13-20-11-4-3-5-12-20/h6-9,16,19H,2-5,10-13H2,1H3,(H2,18,21)/t16-/m1/s1. The van der Waals surface area contributed by atoms with Crippen LogP contribution in [0.25, 0.3) is 0 Å². The molecule has 1 atom stereocenters. The number of hydrogen-bond donors (Lipinski definition) is 2. The largest absolute Gasteiger partial charge is 0.374 e. The van der Waals surface area contributed by atoms with Crippen LogP contribution in [0.3, 0.4) is 0 Å². The molecule has 1 aliphatic rings. The first-order valence-corrected chi connectivity index (χ1v) is 8.06. The predicted octanol–water partition coefficient (Wildman–Crippen LogP) is 2.39. The molecule has 0 saturated carbocycles. The molecule has 21 heavy (non-hydrogen) atoms. The third-order valence-electron chi connectivity index (χ3n) is 4.21. The van der Waals surface area contributed by atoms with Gasteiger partial charge in [-0.25, -0.2) is 0 Å². The summed E-state index contributed by atoms with van der Waals surface area (Å²) in [5.74, 6) is -0.299. The number of nitrogens with one attached hydrogen (secondary N) is 1. The zero-order valence-electron chi connectivity index (χ0n) is 13.0. The van der Waals surface area contributed by atoms with Crippen LogP contribution >= 0.6 is 0 Å². The van der Waals surface area contributed by atoms with Gasteiger partial charge in [-0.15, -0.1) is 0 Å². The molecule has 0 aromatic heterocycles. The third kappa shape index (κ3) is 5.05. The molecule has 0 spiro atoms. The quantitative estimate of drug-likeness (QED) is 0.810. The van der Waals surface area contributed by atoms with Crippen molar-refractivity contribution >= 4 is 11.6 Å². The van der Waals surface area contributed by atoms with Gasteiger partial charge in [0, 0.05) is 12.2 Å². The zero-order chi connectivity index (χ0) is 15.1. The maximum atomic E-state index is 11.2. The Balaban J connectivity index is 1.82. The smallest absolute Gasteiger partial charge is 0.239 e. The maximum absolute atomic E-state index is 11.2. The Morgan fingerprint density at radius 3 is 2.48 bits per heavy atom. The molecule has 1 amide bonds. The fourth-order valence-corrected chi connectivity index (χ4v) is 2.81. The second kappa shape index (κ2) is 8.03. The van der Waals surface area contributed by atoms with Crippen molar-refractivity contribution in [2.75, 3.05) is 25.0 Å². The van der Waals surface area contributed by atoms with Crippen LogP contribution in [0.1, 0.15) is 38.2 Å². The highest BCUT2D eigenvalue weighted by Gasteiger charge is 2.12. The van der Waals surface area contributed by atoms with Crippen molar-refractivity contribution in [3.8, 4) is 0 Å². The van der Waals surface area contributed by atoms with Crippen molar-refractivity contribution in [1.82, 2.24) is 4.90 Å². The highest BCUT2D eigenvalue weighted by Crippen LogP contribution is 2.14. The van der Waals surface area contributed by atoms with Gasteiger partial charge >= 0.3 is 0 Å². The molecule has 0 bridgehead atoms. The topological polar surface area (TPSA) is 58.4 Å². The molecule has 0 unspecified atom stereocenters. The highest BCUT2D eigenvalue weighted by molar-refractivity contribution is 5.82. The van der Waals surface area contributed by atoms with Crippen molar-refractivity contribution in [3.63, 3.8) is 0 Å². The number of piperidine rings is 1. The lowest BCUT2D eigenvalue weighted by molar-refractivity contribution is -0.118. The van der Waals surface area contributed by atoms with Crippen LogP contribution in [-0.4, -0.2) is 36.5 Å². The number of carbonyl (C=O) groups excluding carboxylic acids is 1. The molecule has 2 rings (SSSR count). The molecule has 1 aromatic carbocycles. The molecule has 1 fully saturated rings. The van der Waals surface area contributed by atoms with Crippen molar-refractivity contribution < 1.29 is 4.79 Å². The number of benzene rings is 1. The summed E-state index contributed by atoms with van der Waals surface area (Å²) in [4.78, 5) is 13.8. The SMILES string of the molecule is CC[C@@H](Nc1ccc(CCN2CCCCC2)cc1)C(N)=O.